The minimum absolute atomic E-state index is 0.0605. The van der Waals surface area contributed by atoms with Gasteiger partial charge in [-0.05, 0) is 48.0 Å². The quantitative estimate of drug-likeness (QED) is 0.201. The number of carbonyl (C=O) groups excluding carboxylic acids is 1. The lowest BCUT2D eigenvalue weighted by Crippen LogP contribution is -2.38. The molecule has 0 saturated carbocycles. The molecule has 2 N–H and O–H groups in total. The number of nitrogens with one attached hydrogen (secondary N) is 2. The van der Waals surface area contributed by atoms with Crippen LogP contribution in [0.4, 0.5) is 17.8 Å². The maximum absolute atomic E-state index is 12.8. The molecular formula is C26H30ClN7O4S. The average Bonchev–Trinajstić information content (AvgIpc) is 2.95. The number of aromatic nitrogens is 3. The number of benzene rings is 2. The molecule has 1 aliphatic rings. The number of carbonyl (C=O) groups is 1. The van der Waals surface area contributed by atoms with Crippen molar-refractivity contribution in [1.29, 1.82) is 0 Å². The Bertz CT molecular complexity index is 1410. The van der Waals surface area contributed by atoms with Crippen LogP contribution in [0.1, 0.15) is 15.9 Å². The maximum Gasteiger partial charge on any atom is 0.240 e. The third-order valence-electron chi connectivity index (χ3n) is 5.75. The van der Waals surface area contributed by atoms with Crippen LogP contribution in [0.15, 0.2) is 59.5 Å². The van der Waals surface area contributed by atoms with Crippen molar-refractivity contribution >= 4 is 51.3 Å². The molecular weight excluding hydrogens is 542 g/mol. The highest BCUT2D eigenvalue weighted by Gasteiger charge is 2.18. The number of nitrogens with zero attached hydrogens (tertiary/aromatic N) is 5. The van der Waals surface area contributed by atoms with Crippen molar-refractivity contribution in [1.82, 2.24) is 19.7 Å². The Hall–Kier alpha value is -3.58. The van der Waals surface area contributed by atoms with Gasteiger partial charge in [0, 0.05) is 50.9 Å². The zero-order valence-electron chi connectivity index (χ0n) is 21.7. The molecule has 13 heteroatoms. The van der Waals surface area contributed by atoms with Crippen molar-refractivity contribution in [2.45, 2.75) is 4.90 Å². The van der Waals surface area contributed by atoms with Crippen LogP contribution in [0.5, 0.6) is 0 Å². The molecule has 4 rings (SSSR count). The lowest BCUT2D eigenvalue weighted by atomic mass is 10.1. The molecule has 3 aromatic rings. The summed E-state index contributed by atoms with van der Waals surface area (Å²) in [6, 6.07) is 12.9. The molecule has 0 atom stereocenters. The van der Waals surface area contributed by atoms with E-state index in [9.17, 15) is 13.2 Å². The molecule has 1 saturated heterocycles. The number of anilines is 3. The smallest absolute Gasteiger partial charge is 0.240 e. The first-order valence-electron chi connectivity index (χ1n) is 12.3. The van der Waals surface area contributed by atoms with E-state index >= 15 is 0 Å². The minimum atomic E-state index is -3.78. The first-order valence-corrected chi connectivity index (χ1v) is 14.1. The standard InChI is InChI=1S/C26H30ClN7O4S/c1-33(2)25-30-24(31-26(32-25)34-15-17-38-18-16-34)28-13-14-29-39(36,37)22-10-6-20(7-11-22)23(35)12-5-19-3-8-21(27)9-4-19/h3-12,29H,13-18H2,1-2H3,(H,28,30,31,32)/b12-5+. The number of halogens is 1. The molecule has 39 heavy (non-hydrogen) atoms. The summed E-state index contributed by atoms with van der Waals surface area (Å²) in [5, 5.41) is 3.68. The fourth-order valence-electron chi connectivity index (χ4n) is 3.62. The molecule has 0 spiro atoms. The van der Waals surface area contributed by atoms with Crippen LogP contribution in [0.2, 0.25) is 5.02 Å². The van der Waals surface area contributed by atoms with Gasteiger partial charge in [-0.1, -0.05) is 29.8 Å². The number of morpholine rings is 1. The van der Waals surface area contributed by atoms with E-state index in [4.69, 9.17) is 16.3 Å². The van der Waals surface area contributed by atoms with Gasteiger partial charge in [0.05, 0.1) is 18.1 Å². The SMILES string of the molecule is CN(C)c1nc(NCCNS(=O)(=O)c2ccc(C(=O)/C=C/c3ccc(Cl)cc3)cc2)nc(N2CCOCC2)n1. The molecule has 0 aliphatic carbocycles. The van der Waals surface area contributed by atoms with Crippen LogP contribution in [-0.2, 0) is 14.8 Å². The summed E-state index contributed by atoms with van der Waals surface area (Å²) in [6.45, 7) is 2.91. The summed E-state index contributed by atoms with van der Waals surface area (Å²) < 4.78 is 33.5. The van der Waals surface area contributed by atoms with Crippen LogP contribution in [0.25, 0.3) is 6.08 Å². The Kier molecular flexibility index (Phi) is 9.46. The summed E-state index contributed by atoms with van der Waals surface area (Å²) in [4.78, 5) is 29.7. The number of ketones is 1. The Morgan fingerprint density at radius 2 is 1.72 bits per heavy atom. The van der Waals surface area contributed by atoms with E-state index in [0.29, 0.717) is 54.7 Å². The Balaban J connectivity index is 1.32. The topological polar surface area (TPSA) is 130 Å². The van der Waals surface area contributed by atoms with Crippen molar-refractivity contribution in [3.8, 4) is 0 Å². The molecule has 0 bridgehead atoms. The van der Waals surface area contributed by atoms with Gasteiger partial charge < -0.3 is 19.9 Å². The highest BCUT2D eigenvalue weighted by molar-refractivity contribution is 7.89. The maximum atomic E-state index is 12.8. The number of rotatable bonds is 11. The van der Waals surface area contributed by atoms with Gasteiger partial charge >= 0.3 is 0 Å². The van der Waals surface area contributed by atoms with Crippen LogP contribution in [0.3, 0.4) is 0 Å². The third-order valence-corrected chi connectivity index (χ3v) is 7.48. The normalized spacial score (nSPS) is 14.0. The molecule has 206 valence electrons. The van der Waals surface area contributed by atoms with E-state index in [1.165, 1.54) is 30.3 Å². The van der Waals surface area contributed by atoms with Gasteiger partial charge in [0.1, 0.15) is 0 Å². The summed E-state index contributed by atoms with van der Waals surface area (Å²) >= 11 is 5.88. The molecule has 2 aromatic carbocycles. The van der Waals surface area contributed by atoms with Gasteiger partial charge in [-0.15, -0.1) is 0 Å². The van der Waals surface area contributed by atoms with Crippen molar-refractivity contribution < 1.29 is 17.9 Å². The summed E-state index contributed by atoms with van der Waals surface area (Å²) in [6.07, 6.45) is 3.11. The Labute approximate surface area is 232 Å². The number of hydrogen-bond donors (Lipinski definition) is 2. The van der Waals surface area contributed by atoms with E-state index in [1.807, 2.05) is 19.0 Å². The van der Waals surface area contributed by atoms with Crippen molar-refractivity contribution in [2.24, 2.45) is 0 Å². The van der Waals surface area contributed by atoms with Crippen LogP contribution < -0.4 is 19.8 Å². The van der Waals surface area contributed by atoms with Gasteiger partial charge in [0.2, 0.25) is 27.9 Å². The molecule has 11 nitrogen and oxygen atoms in total. The summed E-state index contributed by atoms with van der Waals surface area (Å²) in [5.41, 5.74) is 1.21. The van der Waals surface area contributed by atoms with E-state index in [2.05, 4.69) is 25.0 Å². The minimum Gasteiger partial charge on any atom is -0.378 e. The first kappa shape index (κ1) is 28.4. The molecule has 1 aromatic heterocycles. The lowest BCUT2D eigenvalue weighted by Gasteiger charge is -2.27. The second-order valence-corrected chi connectivity index (χ2v) is 11.1. The van der Waals surface area contributed by atoms with Crippen molar-refractivity contribution in [3.05, 3.63) is 70.8 Å². The lowest BCUT2D eigenvalue weighted by molar-refractivity contribution is 0.104. The number of ether oxygens (including phenoxy) is 1. The highest BCUT2D eigenvalue weighted by atomic mass is 35.5. The average molecular weight is 572 g/mol. The summed E-state index contributed by atoms with van der Waals surface area (Å²) in [5.74, 6) is 1.14. The van der Waals surface area contributed by atoms with E-state index < -0.39 is 10.0 Å². The fourth-order valence-corrected chi connectivity index (χ4v) is 4.78. The molecule has 0 amide bonds. The van der Waals surface area contributed by atoms with Gasteiger partial charge in [-0.2, -0.15) is 15.0 Å². The molecule has 1 aliphatic heterocycles. The Morgan fingerprint density at radius 1 is 1.03 bits per heavy atom. The molecule has 2 heterocycles. The van der Waals surface area contributed by atoms with Crippen LogP contribution in [-0.4, -0.2) is 82.6 Å². The van der Waals surface area contributed by atoms with Crippen LogP contribution in [0, 0.1) is 0 Å². The number of allylic oxidation sites excluding steroid dienone is 1. The second kappa shape index (κ2) is 13.0. The zero-order valence-corrected chi connectivity index (χ0v) is 23.2. The predicted molar refractivity (Wildman–Crippen MR) is 152 cm³/mol. The van der Waals surface area contributed by atoms with E-state index in [-0.39, 0.29) is 23.8 Å². The first-order chi connectivity index (χ1) is 18.7. The second-order valence-electron chi connectivity index (χ2n) is 8.85. The monoisotopic (exact) mass is 571 g/mol. The van der Waals surface area contributed by atoms with Gasteiger partial charge in [-0.25, -0.2) is 13.1 Å². The summed E-state index contributed by atoms with van der Waals surface area (Å²) in [7, 11) is -0.102. The number of sulfonamides is 1. The van der Waals surface area contributed by atoms with Gasteiger partial charge in [0.15, 0.2) is 5.78 Å². The van der Waals surface area contributed by atoms with Crippen LogP contribution >= 0.6 is 11.6 Å². The highest BCUT2D eigenvalue weighted by Crippen LogP contribution is 2.17. The third kappa shape index (κ3) is 7.96. The van der Waals surface area contributed by atoms with E-state index in [1.54, 1.807) is 35.2 Å². The van der Waals surface area contributed by atoms with Gasteiger partial charge in [-0.3, -0.25) is 4.79 Å². The fraction of sp³-hybridized carbons (Fsp3) is 0.308. The zero-order chi connectivity index (χ0) is 27.8. The predicted octanol–water partition coefficient (Wildman–Crippen LogP) is 2.71. The number of hydrogen-bond acceptors (Lipinski definition) is 10. The molecule has 1 fully saturated rings. The Morgan fingerprint density at radius 3 is 2.38 bits per heavy atom. The molecule has 0 radical (unpaired) electrons. The van der Waals surface area contributed by atoms with E-state index in [0.717, 1.165) is 5.56 Å². The van der Waals surface area contributed by atoms with Gasteiger partial charge in [0.25, 0.3) is 0 Å². The van der Waals surface area contributed by atoms with Crippen molar-refractivity contribution in [3.63, 3.8) is 0 Å². The van der Waals surface area contributed by atoms with Crippen molar-refractivity contribution in [2.75, 3.05) is 68.6 Å². The molecule has 0 unspecified atom stereocenters. The largest absolute Gasteiger partial charge is 0.378 e.